The maximum atomic E-state index is 14.8. The Morgan fingerprint density at radius 3 is 2.73 bits per heavy atom. The second-order valence-corrected chi connectivity index (χ2v) is 8.04. The van der Waals surface area contributed by atoms with E-state index in [1.807, 2.05) is 36.1 Å². The molecule has 30 heavy (non-hydrogen) atoms. The molecule has 1 aromatic heterocycles. The first-order valence-electron chi connectivity index (χ1n) is 10.4. The molecule has 1 unspecified atom stereocenters. The molecule has 0 radical (unpaired) electrons. The number of rotatable bonds is 8. The third kappa shape index (κ3) is 4.98. The molecule has 1 saturated heterocycles. The van der Waals surface area contributed by atoms with Crippen molar-refractivity contribution in [1.29, 1.82) is 0 Å². The summed E-state index contributed by atoms with van der Waals surface area (Å²) >= 11 is 0. The van der Waals surface area contributed by atoms with Gasteiger partial charge in [0.2, 0.25) is 11.7 Å². The molecular weight excluding hydrogens is 387 g/mol. The fourth-order valence-electron chi connectivity index (χ4n) is 3.58. The summed E-state index contributed by atoms with van der Waals surface area (Å²) in [6.07, 6.45) is 4.33. The molecular formula is C22H27FN4O3. The number of amides is 1. The normalized spacial score (nSPS) is 19.4. The minimum absolute atomic E-state index is 0.0279. The van der Waals surface area contributed by atoms with E-state index in [2.05, 4.69) is 15.3 Å². The van der Waals surface area contributed by atoms with Gasteiger partial charge < -0.3 is 19.7 Å². The third-order valence-electron chi connectivity index (χ3n) is 5.44. The first kappa shape index (κ1) is 20.4. The average Bonchev–Trinajstić information content (AvgIpc) is 3.44. The first-order valence-corrected chi connectivity index (χ1v) is 10.4. The number of ether oxygens (including phenoxy) is 2. The molecule has 4 rings (SSSR count). The molecule has 1 aromatic carbocycles. The van der Waals surface area contributed by atoms with E-state index in [1.54, 1.807) is 0 Å². The van der Waals surface area contributed by atoms with Crippen LogP contribution in [0.15, 0.2) is 30.6 Å². The van der Waals surface area contributed by atoms with Gasteiger partial charge in [0, 0.05) is 19.9 Å². The van der Waals surface area contributed by atoms with E-state index in [-0.39, 0.29) is 29.8 Å². The Labute approximate surface area is 175 Å². The van der Waals surface area contributed by atoms with Crippen molar-refractivity contribution < 1.29 is 18.7 Å². The largest absolute Gasteiger partial charge is 0.489 e. The summed E-state index contributed by atoms with van der Waals surface area (Å²) in [5.74, 6) is 1.00. The van der Waals surface area contributed by atoms with E-state index >= 15 is 0 Å². The number of carbonyl (C=O) groups excluding carboxylic acids is 1. The molecule has 8 heteroatoms. The van der Waals surface area contributed by atoms with Crippen LogP contribution in [0.2, 0.25) is 0 Å². The molecule has 2 heterocycles. The molecule has 1 amide bonds. The smallest absolute Gasteiger partial charge is 0.255 e. The van der Waals surface area contributed by atoms with Crippen LogP contribution < -0.4 is 19.7 Å². The zero-order chi connectivity index (χ0) is 21.1. The van der Waals surface area contributed by atoms with Gasteiger partial charge >= 0.3 is 0 Å². The van der Waals surface area contributed by atoms with E-state index in [4.69, 9.17) is 9.47 Å². The Bertz CT molecular complexity index is 888. The van der Waals surface area contributed by atoms with E-state index < -0.39 is 5.82 Å². The highest BCUT2D eigenvalue weighted by atomic mass is 19.1. The summed E-state index contributed by atoms with van der Waals surface area (Å²) in [7, 11) is 0. The standard InChI is InChI=1S/C22H27FN4O3/c1-14(26-15(2)28)17-5-7-18(8-6-17)30-19-9-10-27(11-19)21-20(23)22(25-13-24-21)29-12-16-3-4-16/h5-8,13-14,16,19H,3-4,9-12H2,1-2H3,(H,26,28)/t14?,19-/m1/s1. The maximum absolute atomic E-state index is 14.8. The summed E-state index contributed by atoms with van der Waals surface area (Å²) in [4.78, 5) is 21.2. The van der Waals surface area contributed by atoms with Gasteiger partial charge in [0.05, 0.1) is 19.2 Å². The number of nitrogens with one attached hydrogen (secondary N) is 1. The van der Waals surface area contributed by atoms with Crippen molar-refractivity contribution in [1.82, 2.24) is 15.3 Å². The summed E-state index contributed by atoms with van der Waals surface area (Å²) < 4.78 is 26.4. The molecule has 2 aromatic rings. The number of benzene rings is 1. The molecule has 160 valence electrons. The molecule has 1 N–H and O–H groups in total. The lowest BCUT2D eigenvalue weighted by Crippen LogP contribution is -2.26. The highest BCUT2D eigenvalue weighted by Gasteiger charge is 2.29. The Balaban J connectivity index is 1.34. The number of hydrogen-bond acceptors (Lipinski definition) is 6. The molecule has 1 aliphatic carbocycles. The number of hydrogen-bond donors (Lipinski definition) is 1. The van der Waals surface area contributed by atoms with Gasteiger partial charge in [-0.2, -0.15) is 9.37 Å². The van der Waals surface area contributed by atoms with Gasteiger partial charge in [0.25, 0.3) is 5.88 Å². The second kappa shape index (κ2) is 8.85. The second-order valence-electron chi connectivity index (χ2n) is 8.04. The van der Waals surface area contributed by atoms with Crippen molar-refractivity contribution >= 4 is 11.7 Å². The van der Waals surface area contributed by atoms with Gasteiger partial charge in [-0.15, -0.1) is 0 Å². The Hall–Kier alpha value is -2.90. The number of halogens is 1. The lowest BCUT2D eigenvalue weighted by atomic mass is 10.1. The van der Waals surface area contributed by atoms with Crippen molar-refractivity contribution in [3.63, 3.8) is 0 Å². The van der Waals surface area contributed by atoms with Gasteiger partial charge in [-0.3, -0.25) is 4.79 Å². The third-order valence-corrected chi connectivity index (χ3v) is 5.44. The molecule has 2 fully saturated rings. The SMILES string of the molecule is CC(=O)NC(C)c1ccc(O[C@@H]2CCN(c3ncnc(OCC4CC4)c3F)C2)cc1. The summed E-state index contributed by atoms with van der Waals surface area (Å²) in [6.45, 7) is 5.14. The maximum Gasteiger partial charge on any atom is 0.255 e. The summed E-state index contributed by atoms with van der Waals surface area (Å²) in [6, 6.07) is 7.61. The molecule has 1 aliphatic heterocycles. The number of nitrogens with zero attached hydrogens (tertiary/aromatic N) is 3. The van der Waals surface area contributed by atoms with Gasteiger partial charge in [0.1, 0.15) is 18.2 Å². The fourth-order valence-corrected chi connectivity index (χ4v) is 3.58. The molecule has 7 nitrogen and oxygen atoms in total. The highest BCUT2D eigenvalue weighted by Crippen LogP contribution is 2.31. The minimum Gasteiger partial charge on any atom is -0.489 e. The lowest BCUT2D eigenvalue weighted by Gasteiger charge is -2.19. The zero-order valence-electron chi connectivity index (χ0n) is 17.3. The van der Waals surface area contributed by atoms with Gasteiger partial charge in [-0.1, -0.05) is 12.1 Å². The quantitative estimate of drug-likeness (QED) is 0.715. The van der Waals surface area contributed by atoms with Crippen LogP contribution in [0.4, 0.5) is 10.2 Å². The lowest BCUT2D eigenvalue weighted by molar-refractivity contribution is -0.119. The summed E-state index contributed by atoms with van der Waals surface area (Å²) in [5.41, 5.74) is 1.01. The molecule has 1 saturated carbocycles. The zero-order valence-corrected chi connectivity index (χ0v) is 17.3. The van der Waals surface area contributed by atoms with E-state index in [0.29, 0.717) is 25.6 Å². The predicted octanol–water partition coefficient (Wildman–Crippen LogP) is 3.26. The first-order chi connectivity index (χ1) is 14.5. The van der Waals surface area contributed by atoms with E-state index in [1.165, 1.54) is 13.3 Å². The fraction of sp³-hybridized carbons (Fsp3) is 0.500. The van der Waals surface area contributed by atoms with Crippen molar-refractivity contribution in [2.75, 3.05) is 24.6 Å². The van der Waals surface area contributed by atoms with Gasteiger partial charge in [-0.25, -0.2) is 4.98 Å². The molecule has 2 atom stereocenters. The van der Waals surface area contributed by atoms with Crippen LogP contribution in [0.25, 0.3) is 0 Å². The number of anilines is 1. The number of aromatic nitrogens is 2. The van der Waals surface area contributed by atoms with Gasteiger partial charge in [0.15, 0.2) is 5.82 Å². The van der Waals surface area contributed by atoms with Crippen LogP contribution in [-0.4, -0.2) is 41.7 Å². The molecule has 2 aliphatic rings. The van der Waals surface area contributed by atoms with Crippen LogP contribution in [0, 0.1) is 11.7 Å². The van der Waals surface area contributed by atoms with E-state index in [9.17, 15) is 9.18 Å². The van der Waals surface area contributed by atoms with Crippen molar-refractivity contribution in [2.45, 2.75) is 45.3 Å². The Morgan fingerprint density at radius 2 is 2.03 bits per heavy atom. The number of carbonyl (C=O) groups is 1. The highest BCUT2D eigenvalue weighted by molar-refractivity contribution is 5.73. The Kier molecular flexibility index (Phi) is 6.01. The van der Waals surface area contributed by atoms with E-state index in [0.717, 1.165) is 30.6 Å². The van der Waals surface area contributed by atoms with Crippen molar-refractivity contribution in [3.05, 3.63) is 42.0 Å². The van der Waals surface area contributed by atoms with Crippen molar-refractivity contribution in [3.8, 4) is 11.6 Å². The van der Waals surface area contributed by atoms with Crippen LogP contribution in [0.1, 0.15) is 44.7 Å². The summed E-state index contributed by atoms with van der Waals surface area (Å²) in [5, 5.41) is 2.86. The topological polar surface area (TPSA) is 76.6 Å². The van der Waals surface area contributed by atoms with Crippen LogP contribution in [-0.2, 0) is 4.79 Å². The average molecular weight is 414 g/mol. The van der Waals surface area contributed by atoms with Crippen LogP contribution >= 0.6 is 0 Å². The van der Waals surface area contributed by atoms with Gasteiger partial charge in [-0.05, 0) is 43.4 Å². The van der Waals surface area contributed by atoms with Crippen LogP contribution in [0.3, 0.4) is 0 Å². The molecule has 0 spiro atoms. The van der Waals surface area contributed by atoms with Crippen molar-refractivity contribution in [2.24, 2.45) is 5.92 Å². The monoisotopic (exact) mass is 414 g/mol. The predicted molar refractivity (Wildman–Crippen MR) is 110 cm³/mol. The Morgan fingerprint density at radius 1 is 1.27 bits per heavy atom. The minimum atomic E-state index is -0.505. The van der Waals surface area contributed by atoms with Crippen LogP contribution in [0.5, 0.6) is 11.6 Å². The molecule has 0 bridgehead atoms.